The van der Waals surface area contributed by atoms with E-state index in [1.54, 1.807) is 0 Å². The zero-order valence-corrected chi connectivity index (χ0v) is 18.7. The van der Waals surface area contributed by atoms with E-state index in [1.807, 2.05) is 0 Å². The van der Waals surface area contributed by atoms with Crippen molar-refractivity contribution < 1.29 is 0 Å². The van der Waals surface area contributed by atoms with Gasteiger partial charge in [0.2, 0.25) is 0 Å². The maximum Gasteiger partial charge on any atom is 0.0134 e. The monoisotopic (exact) mass is 428 g/mol. The zero-order valence-electron chi connectivity index (χ0n) is 17.1. The first-order valence-corrected chi connectivity index (χ1v) is 13.8. The lowest BCUT2D eigenvalue weighted by molar-refractivity contribution is 0.305. The molecule has 5 fully saturated rings. The minimum absolute atomic E-state index is 0.849. The lowest BCUT2D eigenvalue weighted by Gasteiger charge is -2.28. The second-order valence-corrected chi connectivity index (χ2v) is 13.4. The van der Waals surface area contributed by atoms with Gasteiger partial charge in [0.15, 0.2) is 0 Å². The van der Waals surface area contributed by atoms with Gasteiger partial charge >= 0.3 is 0 Å². The van der Waals surface area contributed by atoms with Crippen molar-refractivity contribution in [3.05, 3.63) is 72.8 Å². The normalized spacial score (nSPS) is 50.5. The quantitative estimate of drug-likeness (QED) is 0.486. The average Bonchev–Trinajstić information content (AvgIpc) is 3.54. The molecule has 10 unspecified atom stereocenters. The Morgan fingerprint density at radius 3 is 1.43 bits per heavy atom. The van der Waals surface area contributed by atoms with Gasteiger partial charge in [0, 0.05) is 20.3 Å². The van der Waals surface area contributed by atoms with Crippen LogP contribution in [0.25, 0.3) is 0 Å². The largest absolute Gasteiger partial charge is 0.122 e. The van der Waals surface area contributed by atoms with Crippen LogP contribution in [0.4, 0.5) is 0 Å². The van der Waals surface area contributed by atoms with E-state index in [4.69, 9.17) is 0 Å². The molecule has 8 rings (SSSR count). The van der Waals surface area contributed by atoms with Crippen LogP contribution in [0.5, 0.6) is 0 Å². The molecule has 30 heavy (non-hydrogen) atoms. The average molecular weight is 429 g/mol. The van der Waals surface area contributed by atoms with Crippen molar-refractivity contribution in [2.75, 3.05) is 0 Å². The summed E-state index contributed by atoms with van der Waals surface area (Å²) in [4.78, 5) is 2.99. The summed E-state index contributed by atoms with van der Waals surface area (Å²) < 4.78 is 0. The summed E-state index contributed by atoms with van der Waals surface area (Å²) in [6, 6.07) is 22.5. The van der Waals surface area contributed by atoms with E-state index in [9.17, 15) is 0 Å². The fraction of sp³-hybridized carbons (Fsp3) is 0.500. The molecule has 0 N–H and O–H groups in total. The standard InChI is InChI=1S/C28H28S2/c1-3-7-15(8-4-1)29-21-13-19-20-14-22(30-16-9-5-2-6-10-16)25-18-12-11-17-23(18)28(27(20)25)26(19)24(17)21/h1-12,17-28H,13-14H2/t17?,18?,19?,20?,21-,22+,23?,24?,25?,26?,27?,28?. The maximum absolute atomic E-state index is 2.72. The van der Waals surface area contributed by atoms with Crippen molar-refractivity contribution in [2.45, 2.75) is 33.1 Å². The van der Waals surface area contributed by atoms with E-state index < -0.39 is 0 Å². The zero-order chi connectivity index (χ0) is 19.4. The first-order valence-electron chi connectivity index (χ1n) is 12.0. The Hall–Kier alpha value is -1.12. The molecular weight excluding hydrogens is 400 g/mol. The Balaban J connectivity index is 1.15. The number of rotatable bonds is 4. The Labute approximate surface area is 188 Å². The highest BCUT2D eigenvalue weighted by Gasteiger charge is 2.76. The Morgan fingerprint density at radius 1 is 0.500 bits per heavy atom. The number of thioether (sulfide) groups is 2. The van der Waals surface area contributed by atoms with E-state index in [1.165, 1.54) is 22.6 Å². The fourth-order valence-electron chi connectivity index (χ4n) is 9.67. The SMILES string of the molecule is C1=CC2C3C1C1C4C(C[C@@H]1Sc1ccccc1)C1C[C@@H](Sc5ccccc5)C2C1C34. The van der Waals surface area contributed by atoms with Crippen LogP contribution in [0.1, 0.15) is 12.8 Å². The molecule has 0 aliphatic heterocycles. The van der Waals surface area contributed by atoms with Crippen molar-refractivity contribution in [2.24, 2.45) is 59.2 Å². The highest BCUT2D eigenvalue weighted by atomic mass is 32.2. The molecule has 2 aromatic carbocycles. The highest BCUT2D eigenvalue weighted by Crippen LogP contribution is 2.80. The molecule has 2 aromatic rings. The van der Waals surface area contributed by atoms with Crippen molar-refractivity contribution >= 4 is 23.5 Å². The Kier molecular flexibility index (Phi) is 3.62. The Morgan fingerprint density at radius 2 is 0.967 bits per heavy atom. The van der Waals surface area contributed by atoms with E-state index >= 15 is 0 Å². The second-order valence-electron chi connectivity index (χ2n) is 10.7. The van der Waals surface area contributed by atoms with Crippen LogP contribution in [-0.2, 0) is 0 Å². The molecule has 0 radical (unpaired) electrons. The fourth-order valence-corrected chi connectivity index (χ4v) is 12.7. The van der Waals surface area contributed by atoms with Crippen molar-refractivity contribution in [3.8, 4) is 0 Å². The molecule has 152 valence electrons. The summed E-state index contributed by atoms with van der Waals surface area (Å²) in [7, 11) is 0. The first-order chi connectivity index (χ1) is 14.9. The van der Waals surface area contributed by atoms with Gasteiger partial charge in [-0.15, -0.1) is 23.5 Å². The van der Waals surface area contributed by atoms with Crippen molar-refractivity contribution in [1.29, 1.82) is 0 Å². The van der Waals surface area contributed by atoms with E-state index in [2.05, 4.69) is 96.3 Å². The Bertz CT molecular complexity index is 920. The molecule has 6 aliphatic rings. The molecule has 0 spiro atoms. The van der Waals surface area contributed by atoms with Crippen LogP contribution >= 0.6 is 23.5 Å². The highest BCUT2D eigenvalue weighted by molar-refractivity contribution is 8.00. The molecule has 5 saturated carbocycles. The van der Waals surface area contributed by atoms with Crippen LogP contribution in [0.2, 0.25) is 0 Å². The van der Waals surface area contributed by atoms with Gasteiger partial charge in [0.05, 0.1) is 0 Å². The van der Waals surface area contributed by atoms with Crippen LogP contribution in [0.15, 0.2) is 82.6 Å². The molecule has 0 aromatic heterocycles. The van der Waals surface area contributed by atoms with Gasteiger partial charge in [0.1, 0.15) is 0 Å². The van der Waals surface area contributed by atoms with Gasteiger partial charge in [0.25, 0.3) is 0 Å². The summed E-state index contributed by atoms with van der Waals surface area (Å²) in [5, 5.41) is 1.70. The lowest BCUT2D eigenvalue weighted by Crippen LogP contribution is -2.25. The summed E-state index contributed by atoms with van der Waals surface area (Å²) in [6.45, 7) is 0. The van der Waals surface area contributed by atoms with Gasteiger partial charge < -0.3 is 0 Å². The smallest absolute Gasteiger partial charge is 0.0134 e. The molecule has 0 saturated heterocycles. The van der Waals surface area contributed by atoms with Gasteiger partial charge in [-0.1, -0.05) is 48.6 Å². The minimum Gasteiger partial charge on any atom is -0.122 e. The third-order valence-electron chi connectivity index (χ3n) is 10.0. The van der Waals surface area contributed by atoms with Gasteiger partial charge in [-0.2, -0.15) is 0 Å². The molecule has 0 amide bonds. The van der Waals surface area contributed by atoms with Crippen LogP contribution in [-0.4, -0.2) is 10.5 Å². The summed E-state index contributed by atoms with van der Waals surface area (Å²) in [5.41, 5.74) is 0. The summed E-state index contributed by atoms with van der Waals surface area (Å²) in [6.07, 6.45) is 8.41. The molecular formula is C28H28S2. The maximum atomic E-state index is 2.72. The number of fused-ring (bicyclic) bond motifs is 3. The molecule has 0 bridgehead atoms. The second kappa shape index (κ2) is 6.23. The van der Waals surface area contributed by atoms with E-state index in [-0.39, 0.29) is 0 Å². The van der Waals surface area contributed by atoms with Gasteiger partial charge in [-0.25, -0.2) is 0 Å². The van der Waals surface area contributed by atoms with Gasteiger partial charge in [-0.3, -0.25) is 0 Å². The topological polar surface area (TPSA) is 0 Å². The van der Waals surface area contributed by atoms with E-state index in [0.717, 1.165) is 69.7 Å². The van der Waals surface area contributed by atoms with Crippen molar-refractivity contribution in [1.82, 2.24) is 0 Å². The van der Waals surface area contributed by atoms with Crippen LogP contribution in [0, 0.1) is 59.2 Å². The number of allylic oxidation sites excluding steroid dienone is 2. The summed E-state index contributed by atoms with van der Waals surface area (Å²) >= 11 is 4.45. The predicted molar refractivity (Wildman–Crippen MR) is 125 cm³/mol. The molecule has 0 heterocycles. The minimum atomic E-state index is 0.849. The summed E-state index contributed by atoms with van der Waals surface area (Å²) in [5.74, 6) is 9.92. The first kappa shape index (κ1) is 17.4. The lowest BCUT2D eigenvalue weighted by atomic mass is 9.84. The molecule has 12 atom stereocenters. The van der Waals surface area contributed by atoms with Gasteiger partial charge in [-0.05, 0) is 96.3 Å². The van der Waals surface area contributed by atoms with E-state index in [0.29, 0.717) is 0 Å². The molecule has 0 nitrogen and oxygen atoms in total. The number of benzene rings is 2. The van der Waals surface area contributed by atoms with Crippen molar-refractivity contribution in [3.63, 3.8) is 0 Å². The third kappa shape index (κ3) is 2.13. The number of hydrogen-bond donors (Lipinski definition) is 0. The van der Waals surface area contributed by atoms with Crippen LogP contribution in [0.3, 0.4) is 0 Å². The molecule has 6 aliphatic carbocycles. The van der Waals surface area contributed by atoms with Crippen LogP contribution < -0.4 is 0 Å². The molecule has 2 heteroatoms. The number of hydrogen-bond acceptors (Lipinski definition) is 2. The third-order valence-corrected chi connectivity index (χ3v) is 12.7. The predicted octanol–water partition coefficient (Wildman–Crippen LogP) is 6.89.